The molecule has 0 aromatic carbocycles. The first-order chi connectivity index (χ1) is 11.5. The maximum atomic E-state index is 12.2. The average Bonchev–Trinajstić information content (AvgIpc) is 3.04. The molecule has 0 spiro atoms. The number of nitrogens with zero attached hydrogens (tertiary/aromatic N) is 1. The Morgan fingerprint density at radius 2 is 2.25 bits per heavy atom. The zero-order chi connectivity index (χ0) is 17.7. The van der Waals surface area contributed by atoms with Gasteiger partial charge in [-0.1, -0.05) is 43.9 Å². The number of rotatable bonds is 7. The lowest BCUT2D eigenvalue weighted by Crippen LogP contribution is -2.34. The van der Waals surface area contributed by atoms with Gasteiger partial charge in [0.15, 0.2) is 0 Å². The highest BCUT2D eigenvalue weighted by molar-refractivity contribution is 5.98. The molecule has 1 aromatic heterocycles. The summed E-state index contributed by atoms with van der Waals surface area (Å²) in [7, 11) is 0. The van der Waals surface area contributed by atoms with E-state index in [1.165, 1.54) is 5.57 Å². The van der Waals surface area contributed by atoms with Gasteiger partial charge in [-0.3, -0.25) is 9.79 Å². The van der Waals surface area contributed by atoms with Crippen LogP contribution in [0.3, 0.4) is 0 Å². The Morgan fingerprint density at radius 1 is 1.50 bits per heavy atom. The molecule has 4 nitrogen and oxygen atoms in total. The van der Waals surface area contributed by atoms with Gasteiger partial charge in [0.1, 0.15) is 0 Å². The third-order valence-electron chi connectivity index (χ3n) is 4.40. The van der Waals surface area contributed by atoms with Crippen LogP contribution >= 0.6 is 0 Å². The van der Waals surface area contributed by atoms with Crippen LogP contribution in [0.1, 0.15) is 54.4 Å². The summed E-state index contributed by atoms with van der Waals surface area (Å²) < 4.78 is 0. The molecule has 1 aromatic rings. The van der Waals surface area contributed by atoms with Gasteiger partial charge in [0.05, 0.1) is 11.3 Å². The quantitative estimate of drug-likeness (QED) is 0.437. The fourth-order valence-electron chi connectivity index (χ4n) is 2.77. The third-order valence-corrected chi connectivity index (χ3v) is 4.40. The van der Waals surface area contributed by atoms with Gasteiger partial charge >= 0.3 is 0 Å². The lowest BCUT2D eigenvalue weighted by Gasteiger charge is -2.22. The van der Waals surface area contributed by atoms with E-state index in [4.69, 9.17) is 0 Å². The number of nitrogens with one attached hydrogen (secondary N) is 2. The summed E-state index contributed by atoms with van der Waals surface area (Å²) in [6, 6.07) is 1.86. The predicted octanol–water partition coefficient (Wildman–Crippen LogP) is 4.37. The number of allylic oxidation sites excluding steroid dienone is 5. The first kappa shape index (κ1) is 17.7. The highest BCUT2D eigenvalue weighted by atomic mass is 16.1. The van der Waals surface area contributed by atoms with Crippen LogP contribution in [0, 0.1) is 0 Å². The maximum Gasteiger partial charge on any atom is 0.253 e. The van der Waals surface area contributed by atoms with Gasteiger partial charge in [0.25, 0.3) is 5.91 Å². The molecule has 2 N–H and O–H groups in total. The van der Waals surface area contributed by atoms with Crippen LogP contribution < -0.4 is 5.32 Å². The second-order valence-corrected chi connectivity index (χ2v) is 5.98. The molecule has 0 aliphatic carbocycles. The number of carbonyl (C=O) groups excluding carboxylic acids is 1. The smallest absolute Gasteiger partial charge is 0.253 e. The molecule has 0 saturated carbocycles. The molecule has 24 heavy (non-hydrogen) atoms. The van der Waals surface area contributed by atoms with Crippen LogP contribution in [-0.2, 0) is 0 Å². The Balaban J connectivity index is 2.42. The van der Waals surface area contributed by atoms with Crippen LogP contribution in [-0.4, -0.2) is 24.2 Å². The van der Waals surface area contributed by atoms with E-state index in [0.29, 0.717) is 17.8 Å². The minimum atomic E-state index is -0.0462. The van der Waals surface area contributed by atoms with Gasteiger partial charge in [-0.15, -0.1) is 0 Å². The van der Waals surface area contributed by atoms with Crippen molar-refractivity contribution in [2.45, 2.75) is 32.6 Å². The van der Waals surface area contributed by atoms with E-state index in [1.807, 2.05) is 12.1 Å². The summed E-state index contributed by atoms with van der Waals surface area (Å²) in [5, 5.41) is 2.97. The molecule has 1 aliphatic heterocycles. The number of aromatic nitrogens is 1. The second kappa shape index (κ2) is 7.77. The van der Waals surface area contributed by atoms with Crippen molar-refractivity contribution in [1.29, 1.82) is 0 Å². The number of hydrogen-bond donors (Lipinski definition) is 2. The van der Waals surface area contributed by atoms with Crippen molar-refractivity contribution in [3.8, 4) is 0 Å². The summed E-state index contributed by atoms with van der Waals surface area (Å²) in [5.41, 5.74) is 5.18. The lowest BCUT2D eigenvalue weighted by molar-refractivity contribution is 0.0940. The summed E-state index contributed by atoms with van der Waals surface area (Å²) in [4.78, 5) is 19.5. The largest absolute Gasteiger partial charge is 0.357 e. The number of hydrogen-bond acceptors (Lipinski definition) is 2. The molecule has 0 saturated heterocycles. The maximum absolute atomic E-state index is 12.2. The SMILES string of the molecule is C=CC=C(C(=C)N=C)c1cc2c([nH]1)C(CC=C(C)CC)CNC2=O. The minimum Gasteiger partial charge on any atom is -0.357 e. The van der Waals surface area contributed by atoms with Gasteiger partial charge in [-0.25, -0.2) is 0 Å². The molecule has 126 valence electrons. The van der Waals surface area contributed by atoms with Gasteiger partial charge in [0.2, 0.25) is 0 Å². The number of aliphatic imine (C=N–C) groups is 1. The molecular formula is C20H25N3O. The van der Waals surface area contributed by atoms with Gasteiger partial charge in [-0.2, -0.15) is 0 Å². The summed E-state index contributed by atoms with van der Waals surface area (Å²) in [5.74, 6) is 0.193. The van der Waals surface area contributed by atoms with Crippen LogP contribution in [0.4, 0.5) is 0 Å². The van der Waals surface area contributed by atoms with E-state index in [0.717, 1.165) is 29.8 Å². The molecule has 1 amide bonds. The monoisotopic (exact) mass is 323 g/mol. The van der Waals surface area contributed by atoms with Crippen LogP contribution in [0.2, 0.25) is 0 Å². The van der Waals surface area contributed by atoms with Crippen molar-refractivity contribution in [1.82, 2.24) is 10.3 Å². The molecule has 1 atom stereocenters. The lowest BCUT2D eigenvalue weighted by atomic mass is 9.93. The molecule has 2 rings (SSSR count). The fraction of sp³-hybridized carbons (Fsp3) is 0.300. The normalized spacial score (nSPS) is 17.9. The summed E-state index contributed by atoms with van der Waals surface area (Å²) >= 11 is 0. The Bertz CT molecular complexity index is 734. The van der Waals surface area contributed by atoms with E-state index < -0.39 is 0 Å². The zero-order valence-corrected chi connectivity index (χ0v) is 14.5. The molecule has 1 unspecified atom stereocenters. The van der Waals surface area contributed by atoms with Crippen molar-refractivity contribution < 1.29 is 4.79 Å². The van der Waals surface area contributed by atoms with Crippen molar-refractivity contribution >= 4 is 18.2 Å². The molecule has 4 heteroatoms. The third kappa shape index (κ3) is 3.65. The minimum absolute atomic E-state index is 0.0462. The Kier molecular flexibility index (Phi) is 5.74. The van der Waals surface area contributed by atoms with Gasteiger partial charge in [0, 0.05) is 29.4 Å². The van der Waals surface area contributed by atoms with Crippen molar-refractivity contribution in [3.63, 3.8) is 0 Å². The van der Waals surface area contributed by atoms with E-state index in [2.05, 4.69) is 55.1 Å². The molecule has 0 fully saturated rings. The molecule has 0 radical (unpaired) electrons. The molecule has 2 heterocycles. The Hall–Kier alpha value is -2.62. The van der Waals surface area contributed by atoms with Crippen LogP contribution in [0.15, 0.2) is 53.7 Å². The first-order valence-corrected chi connectivity index (χ1v) is 8.17. The first-order valence-electron chi connectivity index (χ1n) is 8.17. The topological polar surface area (TPSA) is 57.2 Å². The van der Waals surface area contributed by atoms with Gasteiger partial charge < -0.3 is 10.3 Å². The summed E-state index contributed by atoms with van der Waals surface area (Å²) in [6.45, 7) is 16.1. The predicted molar refractivity (Wildman–Crippen MR) is 101 cm³/mol. The second-order valence-electron chi connectivity index (χ2n) is 5.98. The zero-order valence-electron chi connectivity index (χ0n) is 14.5. The Labute approximate surface area is 143 Å². The van der Waals surface area contributed by atoms with E-state index in [9.17, 15) is 4.79 Å². The number of fused-ring (bicyclic) bond motifs is 1. The Morgan fingerprint density at radius 3 is 2.88 bits per heavy atom. The van der Waals surface area contributed by atoms with E-state index >= 15 is 0 Å². The van der Waals surface area contributed by atoms with E-state index in [-0.39, 0.29) is 11.8 Å². The highest BCUT2D eigenvalue weighted by Gasteiger charge is 2.28. The molecule has 1 aliphatic rings. The highest BCUT2D eigenvalue weighted by Crippen LogP contribution is 2.32. The van der Waals surface area contributed by atoms with Crippen LogP contribution in [0.25, 0.3) is 5.57 Å². The van der Waals surface area contributed by atoms with Crippen molar-refractivity contribution in [2.75, 3.05) is 6.54 Å². The number of amides is 1. The number of H-pyrrole nitrogens is 1. The fourth-order valence-corrected chi connectivity index (χ4v) is 2.77. The average molecular weight is 323 g/mol. The van der Waals surface area contributed by atoms with Crippen molar-refractivity contribution in [3.05, 3.63) is 65.7 Å². The number of aromatic amines is 1. The van der Waals surface area contributed by atoms with Gasteiger partial charge in [-0.05, 0) is 32.5 Å². The van der Waals surface area contributed by atoms with Crippen LogP contribution in [0.5, 0.6) is 0 Å². The number of carbonyl (C=O) groups is 1. The summed E-state index contributed by atoms with van der Waals surface area (Å²) in [6.07, 6.45) is 7.68. The standard InChI is InChI=1S/C20H25N3O/c1-6-8-16(14(4)21-5)18-11-17-19(23-18)15(12-22-20(17)24)10-9-13(3)7-2/h6,8-9,11,15,23H,1,4-5,7,10,12H2,2-3H3,(H,22,24). The van der Waals surface area contributed by atoms with Crippen molar-refractivity contribution in [2.24, 2.45) is 4.99 Å². The molecular weight excluding hydrogens is 298 g/mol. The molecule has 0 bridgehead atoms. The van der Waals surface area contributed by atoms with E-state index in [1.54, 1.807) is 6.08 Å².